The van der Waals surface area contributed by atoms with E-state index < -0.39 is 11.1 Å². The summed E-state index contributed by atoms with van der Waals surface area (Å²) >= 11 is -1.82. The largest absolute Gasteiger partial charge is 0.306 e. The SMILES string of the molecule is O=S(O)Cc1[nH]nc2ccccc12. The molecule has 5 heteroatoms. The van der Waals surface area contributed by atoms with Gasteiger partial charge < -0.3 is 4.55 Å². The molecule has 0 aliphatic heterocycles. The van der Waals surface area contributed by atoms with Gasteiger partial charge in [0, 0.05) is 5.39 Å². The standard InChI is InChI=1S/C8H8N2O2S/c11-13(12)5-8-6-3-1-2-4-7(6)9-10-8/h1-4H,5H2,(H,9,10)(H,11,12). The first-order chi connectivity index (χ1) is 6.27. The zero-order valence-electron chi connectivity index (χ0n) is 6.73. The fraction of sp³-hybridized carbons (Fsp3) is 0.125. The van der Waals surface area contributed by atoms with E-state index in [0.29, 0.717) is 5.69 Å². The number of fused-ring (bicyclic) bond motifs is 1. The number of para-hydroxylation sites is 1. The minimum absolute atomic E-state index is 0.0977. The van der Waals surface area contributed by atoms with Crippen LogP contribution >= 0.6 is 0 Å². The van der Waals surface area contributed by atoms with Gasteiger partial charge in [0.1, 0.15) is 0 Å². The van der Waals surface area contributed by atoms with E-state index >= 15 is 0 Å². The van der Waals surface area contributed by atoms with Gasteiger partial charge in [-0.2, -0.15) is 5.10 Å². The fourth-order valence-corrected chi connectivity index (χ4v) is 1.71. The van der Waals surface area contributed by atoms with Crippen LogP contribution in [0.2, 0.25) is 0 Å². The third-order valence-electron chi connectivity index (χ3n) is 1.81. The maximum absolute atomic E-state index is 10.6. The summed E-state index contributed by atoms with van der Waals surface area (Å²) in [5, 5.41) is 7.65. The lowest BCUT2D eigenvalue weighted by molar-refractivity contribution is 0.563. The average Bonchev–Trinajstić information content (AvgIpc) is 2.48. The molecule has 1 aromatic heterocycles. The molecule has 0 bridgehead atoms. The molecular weight excluding hydrogens is 188 g/mol. The summed E-state index contributed by atoms with van der Waals surface area (Å²) in [7, 11) is 0. The second kappa shape index (κ2) is 3.27. The van der Waals surface area contributed by atoms with Crippen LogP contribution < -0.4 is 0 Å². The van der Waals surface area contributed by atoms with E-state index in [4.69, 9.17) is 4.55 Å². The molecule has 4 nitrogen and oxygen atoms in total. The van der Waals surface area contributed by atoms with Crippen molar-refractivity contribution in [2.45, 2.75) is 5.75 Å². The van der Waals surface area contributed by atoms with Crippen LogP contribution in [0.1, 0.15) is 5.69 Å². The molecule has 1 aromatic carbocycles. The highest BCUT2D eigenvalue weighted by Crippen LogP contribution is 2.15. The Kier molecular flexibility index (Phi) is 2.12. The molecule has 0 fully saturated rings. The van der Waals surface area contributed by atoms with Crippen LogP contribution in [0.15, 0.2) is 24.3 Å². The van der Waals surface area contributed by atoms with Crippen LogP contribution in [0.25, 0.3) is 10.9 Å². The van der Waals surface area contributed by atoms with Crippen LogP contribution in [0.4, 0.5) is 0 Å². The maximum atomic E-state index is 10.6. The van der Waals surface area contributed by atoms with Crippen molar-refractivity contribution in [3.8, 4) is 0 Å². The minimum Gasteiger partial charge on any atom is -0.306 e. The van der Waals surface area contributed by atoms with Crippen molar-refractivity contribution in [2.75, 3.05) is 0 Å². The molecule has 0 saturated carbocycles. The lowest BCUT2D eigenvalue weighted by Crippen LogP contribution is -1.93. The summed E-state index contributed by atoms with van der Waals surface area (Å²) in [5.74, 6) is 0.0977. The molecule has 0 saturated heterocycles. The predicted octanol–water partition coefficient (Wildman–Crippen LogP) is 1.28. The van der Waals surface area contributed by atoms with Crippen LogP contribution in [0.3, 0.4) is 0 Å². The van der Waals surface area contributed by atoms with Crippen LogP contribution in [0.5, 0.6) is 0 Å². The van der Waals surface area contributed by atoms with E-state index in [-0.39, 0.29) is 5.75 Å². The molecule has 0 aliphatic rings. The van der Waals surface area contributed by atoms with Gasteiger partial charge in [-0.3, -0.25) is 5.10 Å². The van der Waals surface area contributed by atoms with E-state index in [9.17, 15) is 4.21 Å². The van der Waals surface area contributed by atoms with Crippen LogP contribution in [-0.4, -0.2) is 19.0 Å². The van der Waals surface area contributed by atoms with Gasteiger partial charge in [0.05, 0.1) is 17.0 Å². The Morgan fingerprint density at radius 2 is 2.23 bits per heavy atom. The van der Waals surface area contributed by atoms with Gasteiger partial charge in [0.25, 0.3) is 0 Å². The molecule has 0 amide bonds. The van der Waals surface area contributed by atoms with E-state index in [2.05, 4.69) is 10.2 Å². The van der Waals surface area contributed by atoms with Gasteiger partial charge in [-0.1, -0.05) is 18.2 Å². The van der Waals surface area contributed by atoms with Crippen molar-refractivity contribution in [3.63, 3.8) is 0 Å². The van der Waals surface area contributed by atoms with Crippen molar-refractivity contribution >= 4 is 22.0 Å². The monoisotopic (exact) mass is 196 g/mol. The zero-order chi connectivity index (χ0) is 9.26. The molecule has 0 spiro atoms. The third-order valence-corrected chi connectivity index (χ3v) is 2.34. The number of benzene rings is 1. The number of rotatable bonds is 2. The lowest BCUT2D eigenvalue weighted by Gasteiger charge is -1.92. The first kappa shape index (κ1) is 8.40. The fourth-order valence-electron chi connectivity index (χ4n) is 1.25. The highest BCUT2D eigenvalue weighted by molar-refractivity contribution is 7.78. The number of aromatic amines is 1. The van der Waals surface area contributed by atoms with Crippen molar-refractivity contribution in [2.24, 2.45) is 0 Å². The molecule has 2 aromatic rings. The summed E-state index contributed by atoms with van der Waals surface area (Å²) in [6.45, 7) is 0. The molecule has 2 rings (SSSR count). The average molecular weight is 196 g/mol. The van der Waals surface area contributed by atoms with Crippen LogP contribution in [-0.2, 0) is 16.8 Å². The van der Waals surface area contributed by atoms with Gasteiger partial charge in [-0.25, -0.2) is 4.21 Å². The smallest absolute Gasteiger partial charge is 0.158 e. The van der Waals surface area contributed by atoms with Gasteiger partial charge in [0.15, 0.2) is 11.1 Å². The number of nitrogens with zero attached hydrogens (tertiary/aromatic N) is 1. The summed E-state index contributed by atoms with van der Waals surface area (Å²) < 4.78 is 19.3. The Morgan fingerprint density at radius 1 is 1.46 bits per heavy atom. The summed E-state index contributed by atoms with van der Waals surface area (Å²) in [5.41, 5.74) is 1.53. The van der Waals surface area contributed by atoms with Crippen molar-refractivity contribution in [3.05, 3.63) is 30.0 Å². The molecule has 1 heterocycles. The Bertz CT molecular complexity index is 452. The van der Waals surface area contributed by atoms with E-state index in [1.165, 1.54) is 0 Å². The predicted molar refractivity (Wildman–Crippen MR) is 50.6 cm³/mol. The minimum atomic E-state index is -1.82. The van der Waals surface area contributed by atoms with Gasteiger partial charge >= 0.3 is 0 Å². The number of H-pyrrole nitrogens is 1. The second-order valence-electron chi connectivity index (χ2n) is 2.69. The molecule has 2 N–H and O–H groups in total. The quantitative estimate of drug-likeness (QED) is 0.711. The van der Waals surface area contributed by atoms with Gasteiger partial charge in [0.2, 0.25) is 0 Å². The summed E-state index contributed by atoms with van der Waals surface area (Å²) in [6, 6.07) is 7.49. The molecule has 1 unspecified atom stereocenters. The van der Waals surface area contributed by atoms with E-state index in [1.807, 2.05) is 24.3 Å². The first-order valence-electron chi connectivity index (χ1n) is 3.77. The van der Waals surface area contributed by atoms with Crippen LogP contribution in [0, 0.1) is 0 Å². The Labute approximate surface area is 77.3 Å². The van der Waals surface area contributed by atoms with Gasteiger partial charge in [-0.15, -0.1) is 0 Å². The highest BCUT2D eigenvalue weighted by Gasteiger charge is 2.05. The molecule has 13 heavy (non-hydrogen) atoms. The number of hydrogen-bond acceptors (Lipinski definition) is 2. The number of aromatic nitrogens is 2. The van der Waals surface area contributed by atoms with E-state index in [1.54, 1.807) is 0 Å². The molecule has 1 atom stereocenters. The van der Waals surface area contributed by atoms with Crippen molar-refractivity contribution in [1.82, 2.24) is 10.2 Å². The maximum Gasteiger partial charge on any atom is 0.158 e. The zero-order valence-corrected chi connectivity index (χ0v) is 7.54. The normalized spacial score (nSPS) is 13.3. The Morgan fingerprint density at radius 3 is 3.00 bits per heavy atom. The summed E-state index contributed by atoms with van der Waals surface area (Å²) in [6.07, 6.45) is 0. The molecule has 0 radical (unpaired) electrons. The van der Waals surface area contributed by atoms with Crippen molar-refractivity contribution < 1.29 is 8.76 Å². The molecule has 68 valence electrons. The van der Waals surface area contributed by atoms with E-state index in [0.717, 1.165) is 10.9 Å². The first-order valence-corrected chi connectivity index (χ1v) is 5.04. The topological polar surface area (TPSA) is 66.0 Å². The lowest BCUT2D eigenvalue weighted by atomic mass is 10.2. The van der Waals surface area contributed by atoms with Crippen molar-refractivity contribution in [1.29, 1.82) is 0 Å². The number of nitrogens with one attached hydrogen (secondary N) is 1. The second-order valence-corrected chi connectivity index (χ2v) is 3.62. The Balaban J connectivity index is 2.51. The third kappa shape index (κ3) is 1.61. The Hall–Kier alpha value is -1.20. The van der Waals surface area contributed by atoms with Gasteiger partial charge in [-0.05, 0) is 6.07 Å². The highest BCUT2D eigenvalue weighted by atomic mass is 32.2. The molecule has 0 aliphatic carbocycles. The molecular formula is C8H8N2O2S. The summed E-state index contributed by atoms with van der Waals surface area (Å²) in [4.78, 5) is 0. The number of hydrogen-bond donors (Lipinski definition) is 2.